The third-order valence-corrected chi connectivity index (χ3v) is 4.12. The van der Waals surface area contributed by atoms with E-state index in [4.69, 9.17) is 4.74 Å². The van der Waals surface area contributed by atoms with Gasteiger partial charge in [0.2, 0.25) is 5.91 Å². The fourth-order valence-corrected chi connectivity index (χ4v) is 3.02. The summed E-state index contributed by atoms with van der Waals surface area (Å²) in [4.78, 5) is 15.5. The van der Waals surface area contributed by atoms with Crippen LogP contribution in [0.15, 0.2) is 30.5 Å². The normalized spacial score (nSPS) is 18.2. The zero-order valence-electron chi connectivity index (χ0n) is 10.9. The number of ether oxygens (including phenoxy) is 1. The van der Waals surface area contributed by atoms with Gasteiger partial charge in [-0.1, -0.05) is 0 Å². The monoisotopic (exact) mass is 382 g/mol. The van der Waals surface area contributed by atoms with E-state index < -0.39 is 0 Å². The highest BCUT2D eigenvalue weighted by Crippen LogP contribution is 2.27. The maximum absolute atomic E-state index is 11.1. The number of pyridine rings is 1. The van der Waals surface area contributed by atoms with Gasteiger partial charge in [-0.25, -0.2) is 0 Å². The Balaban J connectivity index is 1.69. The molecule has 1 amide bonds. The lowest BCUT2D eigenvalue weighted by molar-refractivity contribution is -0.119. The first-order valence-corrected chi connectivity index (χ1v) is 7.74. The van der Waals surface area contributed by atoms with Gasteiger partial charge in [0.05, 0.1) is 12.1 Å². The molecule has 0 radical (unpaired) electrons. The van der Waals surface area contributed by atoms with Crippen molar-refractivity contribution in [1.82, 2.24) is 10.3 Å². The molecule has 1 aromatic carbocycles. The van der Waals surface area contributed by atoms with Crippen LogP contribution >= 0.6 is 22.6 Å². The van der Waals surface area contributed by atoms with Gasteiger partial charge in [0.25, 0.3) is 0 Å². The number of hydrogen-bond donors (Lipinski definition) is 1. The predicted octanol–water partition coefficient (Wildman–Crippen LogP) is 2.74. The van der Waals surface area contributed by atoms with Crippen molar-refractivity contribution in [3.8, 4) is 5.75 Å². The molecule has 1 saturated heterocycles. The highest BCUT2D eigenvalue weighted by atomic mass is 127. The fourth-order valence-electron chi connectivity index (χ4n) is 2.44. The van der Waals surface area contributed by atoms with E-state index >= 15 is 0 Å². The van der Waals surface area contributed by atoms with E-state index in [-0.39, 0.29) is 5.91 Å². The molecule has 1 aliphatic rings. The molecule has 0 bridgehead atoms. The first kappa shape index (κ1) is 13.6. The van der Waals surface area contributed by atoms with E-state index in [1.165, 1.54) is 0 Å². The van der Waals surface area contributed by atoms with Crippen LogP contribution in [-0.4, -0.2) is 24.0 Å². The van der Waals surface area contributed by atoms with Gasteiger partial charge in [-0.15, -0.1) is 0 Å². The number of nitrogens with one attached hydrogen (secondary N) is 1. The van der Waals surface area contributed by atoms with Gasteiger partial charge in [0, 0.05) is 28.1 Å². The molecule has 1 aliphatic heterocycles. The summed E-state index contributed by atoms with van der Waals surface area (Å²) < 4.78 is 7.03. The van der Waals surface area contributed by atoms with Gasteiger partial charge in [-0.05, 0) is 59.2 Å². The van der Waals surface area contributed by atoms with Crippen LogP contribution in [0.4, 0.5) is 0 Å². The second-order valence-electron chi connectivity index (χ2n) is 4.99. The second kappa shape index (κ2) is 5.95. The Morgan fingerprint density at radius 2 is 2.35 bits per heavy atom. The molecule has 4 nitrogen and oxygen atoms in total. The van der Waals surface area contributed by atoms with E-state index in [1.54, 1.807) is 6.20 Å². The molecule has 20 heavy (non-hydrogen) atoms. The van der Waals surface area contributed by atoms with Crippen molar-refractivity contribution < 1.29 is 9.53 Å². The fraction of sp³-hybridized carbons (Fsp3) is 0.333. The summed E-state index contributed by atoms with van der Waals surface area (Å²) in [5, 5.41) is 3.89. The standard InChI is InChI=1S/C15H15IN2O2/c16-11-7-13-12(2-1-4-17-13)14(8-11)20-5-3-10-6-15(19)18-9-10/h1-2,4,7-8,10H,3,5-6,9H2,(H,18,19)/t10-/m1/s1. The molecular formula is C15H15IN2O2. The molecule has 104 valence electrons. The number of rotatable bonds is 4. The van der Waals surface area contributed by atoms with E-state index in [9.17, 15) is 4.79 Å². The topological polar surface area (TPSA) is 51.2 Å². The van der Waals surface area contributed by atoms with Gasteiger partial charge < -0.3 is 10.1 Å². The SMILES string of the molecule is O=C1C[C@@H](CCOc2cc(I)cc3ncccc23)CN1. The van der Waals surface area contributed by atoms with Crippen LogP contribution in [0.25, 0.3) is 10.9 Å². The molecule has 2 heterocycles. The molecule has 0 saturated carbocycles. The smallest absolute Gasteiger partial charge is 0.220 e. The minimum atomic E-state index is 0.152. The molecule has 0 aliphatic carbocycles. The Labute approximate surface area is 131 Å². The minimum absolute atomic E-state index is 0.152. The number of halogens is 1. The van der Waals surface area contributed by atoms with Crippen LogP contribution in [0, 0.1) is 9.49 Å². The second-order valence-corrected chi connectivity index (χ2v) is 6.23. The Morgan fingerprint density at radius 1 is 1.45 bits per heavy atom. The van der Waals surface area contributed by atoms with Crippen LogP contribution in [-0.2, 0) is 4.79 Å². The highest BCUT2D eigenvalue weighted by molar-refractivity contribution is 14.1. The van der Waals surface area contributed by atoms with Gasteiger partial charge in [0.15, 0.2) is 0 Å². The zero-order chi connectivity index (χ0) is 13.9. The molecule has 1 fully saturated rings. The van der Waals surface area contributed by atoms with Gasteiger partial charge >= 0.3 is 0 Å². The lowest BCUT2D eigenvalue weighted by Crippen LogP contribution is -2.14. The summed E-state index contributed by atoms with van der Waals surface area (Å²) in [6.45, 7) is 1.40. The van der Waals surface area contributed by atoms with Crippen molar-refractivity contribution in [1.29, 1.82) is 0 Å². The number of benzene rings is 1. The molecular weight excluding hydrogens is 367 g/mol. The lowest BCUT2D eigenvalue weighted by atomic mass is 10.1. The third-order valence-electron chi connectivity index (χ3n) is 3.49. The summed E-state index contributed by atoms with van der Waals surface area (Å²) in [6.07, 6.45) is 3.31. The Kier molecular flexibility index (Phi) is 4.05. The number of carbonyl (C=O) groups excluding carboxylic acids is 1. The zero-order valence-corrected chi connectivity index (χ0v) is 13.1. The average molecular weight is 382 g/mol. The van der Waals surface area contributed by atoms with Gasteiger partial charge in [0.1, 0.15) is 5.75 Å². The molecule has 3 rings (SSSR count). The van der Waals surface area contributed by atoms with E-state index in [0.717, 1.165) is 33.2 Å². The molecule has 1 atom stereocenters. The minimum Gasteiger partial charge on any atom is -0.493 e. The van der Waals surface area contributed by atoms with Crippen molar-refractivity contribution in [2.75, 3.05) is 13.2 Å². The van der Waals surface area contributed by atoms with Crippen LogP contribution in [0.3, 0.4) is 0 Å². The summed E-state index contributed by atoms with van der Waals surface area (Å²) in [5.74, 6) is 1.42. The first-order valence-electron chi connectivity index (χ1n) is 6.66. The summed E-state index contributed by atoms with van der Waals surface area (Å²) >= 11 is 2.27. The van der Waals surface area contributed by atoms with Crippen molar-refractivity contribution in [2.45, 2.75) is 12.8 Å². The molecule has 5 heteroatoms. The number of amides is 1. The lowest BCUT2D eigenvalue weighted by Gasteiger charge is -2.11. The molecule has 0 spiro atoms. The van der Waals surface area contributed by atoms with Crippen LogP contribution < -0.4 is 10.1 Å². The maximum Gasteiger partial charge on any atom is 0.220 e. The van der Waals surface area contributed by atoms with Crippen LogP contribution in [0.5, 0.6) is 5.75 Å². The quantitative estimate of drug-likeness (QED) is 0.828. The molecule has 1 aromatic heterocycles. The van der Waals surface area contributed by atoms with E-state index in [1.807, 2.05) is 24.3 Å². The van der Waals surface area contributed by atoms with Crippen molar-refractivity contribution >= 4 is 39.4 Å². The van der Waals surface area contributed by atoms with Crippen molar-refractivity contribution in [3.63, 3.8) is 0 Å². The number of fused-ring (bicyclic) bond motifs is 1. The number of aromatic nitrogens is 1. The molecule has 0 unspecified atom stereocenters. The van der Waals surface area contributed by atoms with Crippen molar-refractivity contribution in [2.24, 2.45) is 5.92 Å². The number of carbonyl (C=O) groups is 1. The first-order chi connectivity index (χ1) is 9.72. The van der Waals surface area contributed by atoms with Crippen LogP contribution in [0.1, 0.15) is 12.8 Å². The molecule has 1 N–H and O–H groups in total. The average Bonchev–Trinajstić information content (AvgIpc) is 2.84. The van der Waals surface area contributed by atoms with Crippen molar-refractivity contribution in [3.05, 3.63) is 34.0 Å². The van der Waals surface area contributed by atoms with E-state index in [2.05, 4.69) is 32.9 Å². The van der Waals surface area contributed by atoms with E-state index in [0.29, 0.717) is 18.9 Å². The predicted molar refractivity (Wildman–Crippen MR) is 85.7 cm³/mol. The highest BCUT2D eigenvalue weighted by Gasteiger charge is 2.21. The Bertz CT molecular complexity index is 645. The maximum atomic E-state index is 11.1. The van der Waals surface area contributed by atoms with Crippen LogP contribution in [0.2, 0.25) is 0 Å². The number of hydrogen-bond acceptors (Lipinski definition) is 3. The summed E-state index contributed by atoms with van der Waals surface area (Å²) in [7, 11) is 0. The third kappa shape index (κ3) is 3.03. The number of nitrogens with zero attached hydrogens (tertiary/aromatic N) is 1. The largest absolute Gasteiger partial charge is 0.493 e. The summed E-state index contributed by atoms with van der Waals surface area (Å²) in [5.41, 5.74) is 0.951. The summed E-state index contributed by atoms with van der Waals surface area (Å²) in [6, 6.07) is 8.01. The molecule has 2 aromatic rings. The Morgan fingerprint density at radius 3 is 3.15 bits per heavy atom. The van der Waals surface area contributed by atoms with Gasteiger partial charge in [-0.2, -0.15) is 0 Å². The van der Waals surface area contributed by atoms with Gasteiger partial charge in [-0.3, -0.25) is 9.78 Å². The Hall–Kier alpha value is -1.37.